The van der Waals surface area contributed by atoms with Gasteiger partial charge in [-0.25, -0.2) is 0 Å². The lowest BCUT2D eigenvalue weighted by Crippen LogP contribution is -2.11. The standard InChI is InChI=1S/C15H9Br2NO2/c16-10-5-6-12(11(17)8-10)18-15(19)14-7-9-3-1-2-4-13(9)20-14/h1-8H,(H,18,19). The van der Waals surface area contributed by atoms with Gasteiger partial charge in [-0.05, 0) is 46.3 Å². The van der Waals surface area contributed by atoms with Crippen LogP contribution < -0.4 is 5.32 Å². The number of rotatable bonds is 2. The van der Waals surface area contributed by atoms with Crippen molar-refractivity contribution in [2.24, 2.45) is 0 Å². The van der Waals surface area contributed by atoms with Crippen molar-refractivity contribution in [3.8, 4) is 0 Å². The highest BCUT2D eigenvalue weighted by Crippen LogP contribution is 2.27. The van der Waals surface area contributed by atoms with Crippen LogP contribution in [0.1, 0.15) is 10.6 Å². The minimum absolute atomic E-state index is 0.274. The molecular weight excluding hydrogens is 386 g/mol. The van der Waals surface area contributed by atoms with Crippen LogP contribution in [-0.2, 0) is 0 Å². The molecule has 0 atom stereocenters. The Hall–Kier alpha value is -1.59. The quantitative estimate of drug-likeness (QED) is 0.648. The first kappa shape index (κ1) is 13.4. The molecule has 100 valence electrons. The average Bonchev–Trinajstić information content (AvgIpc) is 2.86. The number of anilines is 1. The van der Waals surface area contributed by atoms with Crippen molar-refractivity contribution in [2.75, 3.05) is 5.32 Å². The summed E-state index contributed by atoms with van der Waals surface area (Å²) in [5, 5.41) is 3.72. The molecule has 2 aromatic carbocycles. The van der Waals surface area contributed by atoms with E-state index in [4.69, 9.17) is 4.42 Å². The van der Waals surface area contributed by atoms with Crippen LogP contribution in [0.2, 0.25) is 0 Å². The highest BCUT2D eigenvalue weighted by atomic mass is 79.9. The van der Waals surface area contributed by atoms with Crippen LogP contribution in [0.4, 0.5) is 5.69 Å². The molecule has 1 N–H and O–H groups in total. The van der Waals surface area contributed by atoms with Gasteiger partial charge >= 0.3 is 0 Å². The zero-order valence-corrected chi connectivity index (χ0v) is 13.4. The SMILES string of the molecule is O=C(Nc1ccc(Br)cc1Br)c1cc2ccccc2o1. The summed E-state index contributed by atoms with van der Waals surface area (Å²) >= 11 is 6.78. The van der Waals surface area contributed by atoms with Crippen LogP contribution >= 0.6 is 31.9 Å². The number of amides is 1. The number of hydrogen-bond donors (Lipinski definition) is 1. The normalized spacial score (nSPS) is 10.7. The Morgan fingerprint density at radius 1 is 1.05 bits per heavy atom. The zero-order chi connectivity index (χ0) is 14.1. The Bertz CT molecular complexity index is 762. The van der Waals surface area contributed by atoms with E-state index in [1.807, 2.05) is 42.5 Å². The van der Waals surface area contributed by atoms with Gasteiger partial charge in [-0.1, -0.05) is 34.1 Å². The molecule has 0 aliphatic rings. The molecule has 0 aliphatic carbocycles. The molecule has 1 heterocycles. The van der Waals surface area contributed by atoms with Crippen molar-refractivity contribution in [1.29, 1.82) is 0 Å². The Labute approximate surface area is 132 Å². The fraction of sp³-hybridized carbons (Fsp3) is 0. The van der Waals surface area contributed by atoms with Gasteiger partial charge in [0.25, 0.3) is 5.91 Å². The van der Waals surface area contributed by atoms with Gasteiger partial charge in [0.2, 0.25) is 0 Å². The molecule has 0 spiro atoms. The summed E-state index contributed by atoms with van der Waals surface area (Å²) in [5.41, 5.74) is 1.39. The van der Waals surface area contributed by atoms with Gasteiger partial charge in [0, 0.05) is 14.3 Å². The van der Waals surface area contributed by atoms with Crippen molar-refractivity contribution < 1.29 is 9.21 Å². The van der Waals surface area contributed by atoms with Crippen LogP contribution in [0.15, 0.2) is 61.9 Å². The van der Waals surface area contributed by atoms with Gasteiger partial charge < -0.3 is 9.73 Å². The predicted octanol–water partition coefficient (Wildman–Crippen LogP) is 5.21. The zero-order valence-electron chi connectivity index (χ0n) is 10.2. The molecule has 0 saturated carbocycles. The first-order valence-corrected chi connectivity index (χ1v) is 7.47. The maximum Gasteiger partial charge on any atom is 0.291 e. The fourth-order valence-electron chi connectivity index (χ4n) is 1.87. The number of carbonyl (C=O) groups excluding carboxylic acids is 1. The van der Waals surface area contributed by atoms with E-state index < -0.39 is 0 Å². The van der Waals surface area contributed by atoms with E-state index in [9.17, 15) is 4.79 Å². The van der Waals surface area contributed by atoms with Crippen molar-refractivity contribution in [3.05, 3.63) is 63.2 Å². The first-order valence-electron chi connectivity index (χ1n) is 5.88. The van der Waals surface area contributed by atoms with Crippen molar-refractivity contribution >= 4 is 54.4 Å². The van der Waals surface area contributed by atoms with Crippen molar-refractivity contribution in [2.45, 2.75) is 0 Å². The molecule has 0 unspecified atom stereocenters. The van der Waals surface area contributed by atoms with Crippen LogP contribution in [-0.4, -0.2) is 5.91 Å². The summed E-state index contributed by atoms with van der Waals surface area (Å²) in [5.74, 6) is 0.0187. The third kappa shape index (κ3) is 2.64. The maximum atomic E-state index is 12.2. The molecule has 5 heteroatoms. The second kappa shape index (κ2) is 5.42. The number of nitrogens with one attached hydrogen (secondary N) is 1. The monoisotopic (exact) mass is 393 g/mol. The number of hydrogen-bond acceptors (Lipinski definition) is 2. The predicted molar refractivity (Wildman–Crippen MR) is 86.0 cm³/mol. The largest absolute Gasteiger partial charge is 0.451 e. The number of benzene rings is 2. The number of halogens is 2. The van der Waals surface area contributed by atoms with Gasteiger partial charge in [0.1, 0.15) is 5.58 Å². The summed E-state index contributed by atoms with van der Waals surface area (Å²) in [4.78, 5) is 12.2. The molecule has 20 heavy (non-hydrogen) atoms. The molecule has 0 saturated heterocycles. The number of furan rings is 1. The molecule has 3 rings (SSSR count). The van der Waals surface area contributed by atoms with Gasteiger partial charge in [0.15, 0.2) is 5.76 Å². The summed E-state index contributed by atoms with van der Waals surface area (Å²) in [7, 11) is 0. The number of fused-ring (bicyclic) bond motifs is 1. The number of carbonyl (C=O) groups is 1. The van der Waals surface area contributed by atoms with E-state index in [0.717, 1.165) is 14.3 Å². The van der Waals surface area contributed by atoms with E-state index >= 15 is 0 Å². The Morgan fingerprint density at radius 3 is 2.60 bits per heavy atom. The molecule has 3 aromatic rings. The summed E-state index contributed by atoms with van der Waals surface area (Å²) in [6.07, 6.45) is 0. The third-order valence-corrected chi connectivity index (χ3v) is 3.98. The van der Waals surface area contributed by atoms with E-state index in [0.29, 0.717) is 17.0 Å². The lowest BCUT2D eigenvalue weighted by Gasteiger charge is -2.05. The van der Waals surface area contributed by atoms with E-state index in [2.05, 4.69) is 37.2 Å². The molecule has 1 amide bonds. The lowest BCUT2D eigenvalue weighted by atomic mass is 10.2. The van der Waals surface area contributed by atoms with Gasteiger partial charge in [-0.2, -0.15) is 0 Å². The van der Waals surface area contributed by atoms with Crippen LogP contribution in [0, 0.1) is 0 Å². The molecular formula is C15H9Br2NO2. The Balaban J connectivity index is 1.89. The van der Waals surface area contributed by atoms with Crippen LogP contribution in [0.5, 0.6) is 0 Å². The minimum atomic E-state index is -0.274. The molecule has 0 radical (unpaired) electrons. The Morgan fingerprint density at radius 2 is 1.85 bits per heavy atom. The van der Waals surface area contributed by atoms with E-state index in [1.165, 1.54) is 0 Å². The topological polar surface area (TPSA) is 42.2 Å². The van der Waals surface area contributed by atoms with Gasteiger partial charge in [-0.3, -0.25) is 4.79 Å². The molecule has 0 fully saturated rings. The summed E-state index contributed by atoms with van der Waals surface area (Å²) in [6.45, 7) is 0. The molecule has 0 bridgehead atoms. The van der Waals surface area contributed by atoms with E-state index in [-0.39, 0.29) is 5.91 Å². The summed E-state index contributed by atoms with van der Waals surface area (Å²) in [6, 6.07) is 14.8. The number of para-hydroxylation sites is 1. The second-order valence-electron chi connectivity index (χ2n) is 4.23. The minimum Gasteiger partial charge on any atom is -0.451 e. The van der Waals surface area contributed by atoms with E-state index in [1.54, 1.807) is 6.07 Å². The third-order valence-electron chi connectivity index (χ3n) is 2.83. The lowest BCUT2D eigenvalue weighted by molar-refractivity contribution is 0.0998. The highest BCUT2D eigenvalue weighted by molar-refractivity contribution is 9.11. The van der Waals surface area contributed by atoms with Gasteiger partial charge in [-0.15, -0.1) is 0 Å². The van der Waals surface area contributed by atoms with Crippen LogP contribution in [0.3, 0.4) is 0 Å². The van der Waals surface area contributed by atoms with Crippen molar-refractivity contribution in [3.63, 3.8) is 0 Å². The Kier molecular flexibility index (Phi) is 3.63. The summed E-state index contributed by atoms with van der Waals surface area (Å²) < 4.78 is 7.27. The highest BCUT2D eigenvalue weighted by Gasteiger charge is 2.13. The second-order valence-corrected chi connectivity index (χ2v) is 6.00. The molecule has 0 aliphatic heterocycles. The first-order chi connectivity index (χ1) is 9.63. The smallest absolute Gasteiger partial charge is 0.291 e. The maximum absolute atomic E-state index is 12.2. The molecule has 1 aromatic heterocycles. The van der Waals surface area contributed by atoms with Gasteiger partial charge in [0.05, 0.1) is 5.69 Å². The fourth-order valence-corrected chi connectivity index (χ4v) is 3.01. The average molecular weight is 395 g/mol. The van der Waals surface area contributed by atoms with Crippen LogP contribution in [0.25, 0.3) is 11.0 Å². The molecule has 3 nitrogen and oxygen atoms in total. The van der Waals surface area contributed by atoms with Crippen molar-refractivity contribution in [1.82, 2.24) is 0 Å².